The van der Waals surface area contributed by atoms with E-state index in [1.807, 2.05) is 0 Å². The zero-order chi connectivity index (χ0) is 66.8. The summed E-state index contributed by atoms with van der Waals surface area (Å²) in [6.45, 7) is 4.17. The summed E-state index contributed by atoms with van der Waals surface area (Å²) in [5.74, 6) is -15.2. The van der Waals surface area contributed by atoms with Crippen molar-refractivity contribution in [2.45, 2.75) is 152 Å². The van der Waals surface area contributed by atoms with E-state index >= 15 is 0 Å². The molecule has 12 amide bonds. The summed E-state index contributed by atoms with van der Waals surface area (Å²) in [5.41, 5.74) is 49.1. The molecule has 1 aromatic heterocycles. The highest BCUT2D eigenvalue weighted by Crippen LogP contribution is 2.12. The number of imidazole rings is 1. The van der Waals surface area contributed by atoms with Gasteiger partial charge in [-0.25, -0.2) is 4.98 Å². The SMILES string of the molecule is CCC(C)C(NC(=O)C(C)NC(=O)C(CC(N)=O)NC(=O)C(CCCN=C(N)N)NC(=O)C(CCCN=C(N)N)NC(=O)CNC(=O)C(NC(=O)C(CCCN=C(N)N)NC(=O)CN)C(C)O)C(=O)NC(Cc1cnc[nH]1)C(=O)NC(CC(=O)O)C(N)=O. The van der Waals surface area contributed by atoms with Crippen LogP contribution in [-0.2, 0) is 68.7 Å². The largest absolute Gasteiger partial charge is 0.481 e. The zero-order valence-corrected chi connectivity index (χ0v) is 49.3. The normalized spacial score (nSPS) is 14.5. The first-order valence-electron chi connectivity index (χ1n) is 27.6. The summed E-state index contributed by atoms with van der Waals surface area (Å²) >= 11 is 0. The third kappa shape index (κ3) is 30.2. The number of hydrogen-bond donors (Lipinski definition) is 22. The van der Waals surface area contributed by atoms with E-state index < -0.39 is 169 Å². The van der Waals surface area contributed by atoms with Crippen molar-refractivity contribution in [2.75, 3.05) is 32.7 Å². The van der Waals surface area contributed by atoms with Crippen molar-refractivity contribution in [1.29, 1.82) is 0 Å². The van der Waals surface area contributed by atoms with Gasteiger partial charge in [-0.2, -0.15) is 0 Å². The van der Waals surface area contributed by atoms with Crippen LogP contribution >= 0.6 is 0 Å². The first-order valence-corrected chi connectivity index (χ1v) is 27.6. The molecule has 1 rings (SSSR count). The Morgan fingerprint density at radius 3 is 1.42 bits per heavy atom. The molecule has 31 N–H and O–H groups in total. The van der Waals surface area contributed by atoms with Gasteiger partial charge in [-0.15, -0.1) is 0 Å². The molecule has 0 aliphatic carbocycles. The van der Waals surface area contributed by atoms with Crippen molar-refractivity contribution in [3.8, 4) is 0 Å². The Balaban J connectivity index is 3.45. The average molecular weight is 1250 g/mol. The van der Waals surface area contributed by atoms with Crippen molar-refractivity contribution in [1.82, 2.24) is 63.1 Å². The summed E-state index contributed by atoms with van der Waals surface area (Å²) < 4.78 is 0. The van der Waals surface area contributed by atoms with Gasteiger partial charge >= 0.3 is 5.97 Å². The number of carbonyl (C=O) groups is 13. The van der Waals surface area contributed by atoms with E-state index in [4.69, 9.17) is 51.6 Å². The number of nitrogens with two attached hydrogens (primary N) is 9. The molecule has 0 aromatic carbocycles. The Morgan fingerprint density at radius 1 is 0.534 bits per heavy atom. The van der Waals surface area contributed by atoms with Crippen LogP contribution in [0.25, 0.3) is 0 Å². The molecule has 88 heavy (non-hydrogen) atoms. The van der Waals surface area contributed by atoms with Gasteiger partial charge in [0.15, 0.2) is 17.9 Å². The predicted molar refractivity (Wildman–Crippen MR) is 314 cm³/mol. The molecule has 0 aliphatic rings. The van der Waals surface area contributed by atoms with Crippen LogP contribution in [0.3, 0.4) is 0 Å². The van der Waals surface area contributed by atoms with Gasteiger partial charge in [-0.05, 0) is 58.3 Å². The monoisotopic (exact) mass is 1250 g/mol. The first-order chi connectivity index (χ1) is 41.3. The molecule has 0 spiro atoms. The lowest BCUT2D eigenvalue weighted by Crippen LogP contribution is -2.61. The molecule has 39 nitrogen and oxygen atoms in total. The molecule has 0 saturated heterocycles. The van der Waals surface area contributed by atoms with Crippen molar-refractivity contribution < 1.29 is 72.5 Å². The molecule has 492 valence electrons. The lowest BCUT2D eigenvalue weighted by molar-refractivity contribution is -0.140. The maximum absolute atomic E-state index is 14.2. The number of hydrogen-bond acceptors (Lipinski definition) is 19. The van der Waals surface area contributed by atoms with Gasteiger partial charge in [0, 0.05) is 37.9 Å². The minimum Gasteiger partial charge on any atom is -0.481 e. The minimum atomic E-state index is -1.83. The quantitative estimate of drug-likeness (QED) is 0.0164. The maximum atomic E-state index is 14.2. The van der Waals surface area contributed by atoms with Crippen LogP contribution in [0.15, 0.2) is 27.5 Å². The minimum absolute atomic E-state index is 0.00901. The van der Waals surface area contributed by atoms with Gasteiger partial charge in [-0.3, -0.25) is 77.3 Å². The molecule has 0 saturated carbocycles. The average Bonchev–Trinajstić information content (AvgIpc) is 3.93. The molecule has 11 unspecified atom stereocenters. The number of carboxylic acid groups (broad SMARTS) is 1. The van der Waals surface area contributed by atoms with E-state index in [0.29, 0.717) is 5.69 Å². The van der Waals surface area contributed by atoms with Crippen LogP contribution in [0.5, 0.6) is 0 Å². The van der Waals surface area contributed by atoms with Crippen LogP contribution in [0.4, 0.5) is 0 Å². The van der Waals surface area contributed by atoms with Crippen molar-refractivity contribution >= 4 is 94.7 Å². The predicted octanol–water partition coefficient (Wildman–Crippen LogP) is -11.2. The number of nitrogens with zero attached hydrogens (tertiary/aromatic N) is 4. The Labute approximate surface area is 505 Å². The molecule has 39 heteroatoms. The van der Waals surface area contributed by atoms with E-state index in [1.165, 1.54) is 19.4 Å². The van der Waals surface area contributed by atoms with E-state index in [-0.39, 0.29) is 88.9 Å². The molecule has 0 aliphatic heterocycles. The number of aliphatic hydroxyl groups is 1. The van der Waals surface area contributed by atoms with Gasteiger partial charge in [0.05, 0.1) is 38.4 Å². The van der Waals surface area contributed by atoms with Crippen LogP contribution in [0, 0.1) is 5.92 Å². The van der Waals surface area contributed by atoms with Crippen LogP contribution in [-0.4, -0.2) is 208 Å². The number of H-pyrrole nitrogens is 1. The number of aromatic nitrogens is 2. The third-order valence-electron chi connectivity index (χ3n) is 12.7. The zero-order valence-electron chi connectivity index (χ0n) is 49.3. The number of nitrogens with one attached hydrogen (secondary N) is 11. The van der Waals surface area contributed by atoms with Crippen LogP contribution < -0.4 is 105 Å². The van der Waals surface area contributed by atoms with Gasteiger partial charge in [-0.1, -0.05) is 20.3 Å². The van der Waals surface area contributed by atoms with Gasteiger partial charge in [0.25, 0.3) is 0 Å². The van der Waals surface area contributed by atoms with Crippen molar-refractivity contribution in [2.24, 2.45) is 72.5 Å². The lowest BCUT2D eigenvalue weighted by Gasteiger charge is -2.28. The molecule has 0 radical (unpaired) electrons. The Morgan fingerprint density at radius 2 is 0.977 bits per heavy atom. The second kappa shape index (κ2) is 39.6. The van der Waals surface area contributed by atoms with Crippen LogP contribution in [0.1, 0.15) is 91.2 Å². The van der Waals surface area contributed by atoms with E-state index in [0.717, 1.165) is 6.92 Å². The summed E-state index contributed by atoms with van der Waals surface area (Å²) in [4.78, 5) is 189. The number of carbonyl (C=O) groups excluding carboxylic acids is 12. The van der Waals surface area contributed by atoms with Crippen LogP contribution in [0.2, 0.25) is 0 Å². The van der Waals surface area contributed by atoms with E-state index in [9.17, 15) is 72.5 Å². The molecule has 1 aromatic rings. The van der Waals surface area contributed by atoms with Gasteiger partial charge in [0.2, 0.25) is 70.9 Å². The number of aromatic amines is 1. The smallest absolute Gasteiger partial charge is 0.305 e. The summed E-state index contributed by atoms with van der Waals surface area (Å²) in [6, 6.07) is -14.0. The number of amides is 12. The Kier molecular flexibility index (Phi) is 34.2. The number of guanidine groups is 3. The van der Waals surface area contributed by atoms with Crippen molar-refractivity contribution in [3.63, 3.8) is 0 Å². The Bertz CT molecular complexity index is 2640. The van der Waals surface area contributed by atoms with E-state index in [1.54, 1.807) is 13.8 Å². The molecule has 11 atom stereocenters. The number of aliphatic imine (C=N–C) groups is 3. The standard InChI is InChI=1S/C49H86N24O15/c1-5-22(2)36(46(88)71-30(15-25-19-59-21-64-25)44(86)69-29(38(52)80)17-35(78)79)72-39(81)23(3)65-43(85)31(16-32(51)75)70-41(83)28(11-8-14-62-49(57)58)68-40(82)26(9-6-12-60-47(53)54)67-34(77)20-63-45(87)37(24(4)74)73-42(84)27(66-33(76)18-50)10-7-13-61-48(55)56/h19,21-24,26-31,36-37,74H,5-18,20,50H2,1-4H3,(H2,51,75)(H2,52,80)(H,59,64)(H,63,87)(H,65,85)(H,66,76)(H,67,77)(H,68,82)(H,69,86)(H,70,83)(H,71,88)(H,72,81)(H,73,84)(H,78,79)(H4,53,54,60)(H4,55,56,61)(H4,57,58,62). The topological polar surface area (TPSA) is 683 Å². The fraction of sp³-hybridized carbons (Fsp3) is 0.612. The first kappa shape index (κ1) is 76.1. The van der Waals surface area contributed by atoms with Gasteiger partial charge in [0.1, 0.15) is 54.4 Å². The maximum Gasteiger partial charge on any atom is 0.305 e. The Hall–Kier alpha value is -9.95. The van der Waals surface area contributed by atoms with Crippen molar-refractivity contribution in [3.05, 3.63) is 18.2 Å². The summed E-state index contributed by atoms with van der Waals surface area (Å²) in [6.07, 6.45) is -1.00. The number of primary amides is 2. The highest BCUT2D eigenvalue weighted by molar-refractivity contribution is 6.00. The summed E-state index contributed by atoms with van der Waals surface area (Å²) in [7, 11) is 0. The molecule has 0 bridgehead atoms. The van der Waals surface area contributed by atoms with Gasteiger partial charge < -0.3 is 120 Å². The second-order valence-electron chi connectivity index (χ2n) is 20.0. The molecular formula is C49H86N24O15. The lowest BCUT2D eigenvalue weighted by atomic mass is 9.97. The van der Waals surface area contributed by atoms with E-state index in [2.05, 4.69) is 78.1 Å². The highest BCUT2D eigenvalue weighted by atomic mass is 16.4. The molecule has 0 fully saturated rings. The fourth-order valence-corrected chi connectivity index (χ4v) is 7.82. The highest BCUT2D eigenvalue weighted by Gasteiger charge is 2.36. The number of aliphatic carboxylic acids is 1. The fourth-order valence-electron chi connectivity index (χ4n) is 7.82. The second-order valence-corrected chi connectivity index (χ2v) is 20.0. The number of aliphatic hydroxyl groups excluding tert-OH is 1. The number of carboxylic acids is 1. The molecule has 1 heterocycles. The summed E-state index contributed by atoms with van der Waals surface area (Å²) in [5, 5.41) is 43.5. The molecular weight excluding hydrogens is 1160 g/mol. The third-order valence-corrected chi connectivity index (χ3v) is 12.7. The number of rotatable bonds is 42.